The summed E-state index contributed by atoms with van der Waals surface area (Å²) in [5.74, 6) is -0.0452. The number of carbonyl (C=O) groups excluding carboxylic acids is 1. The molecule has 0 saturated heterocycles. The second-order valence-corrected chi connectivity index (χ2v) is 4.11. The molecule has 0 fully saturated rings. The van der Waals surface area contributed by atoms with Crippen LogP contribution in [0.2, 0.25) is 0 Å². The van der Waals surface area contributed by atoms with Gasteiger partial charge in [-0.25, -0.2) is 0 Å². The first kappa shape index (κ1) is 12.1. The maximum absolute atomic E-state index is 12.3. The van der Waals surface area contributed by atoms with Crippen molar-refractivity contribution in [3.05, 3.63) is 83.6 Å². The highest BCUT2D eigenvalue weighted by atomic mass is 16.1. The SMILES string of the molecule is C=C=C(C(=O)c1ccc(C)cc1)c1ccccc1. The molecule has 0 aliphatic carbocycles. The summed E-state index contributed by atoms with van der Waals surface area (Å²) in [7, 11) is 0. The molecule has 0 atom stereocenters. The van der Waals surface area contributed by atoms with Crippen LogP contribution in [0.4, 0.5) is 0 Å². The number of hydrogen-bond donors (Lipinski definition) is 0. The quantitative estimate of drug-likeness (QED) is 0.445. The zero-order chi connectivity index (χ0) is 13.0. The van der Waals surface area contributed by atoms with E-state index in [1.807, 2.05) is 61.5 Å². The monoisotopic (exact) mass is 234 g/mol. The van der Waals surface area contributed by atoms with E-state index >= 15 is 0 Å². The van der Waals surface area contributed by atoms with Crippen molar-refractivity contribution in [2.24, 2.45) is 0 Å². The van der Waals surface area contributed by atoms with Gasteiger partial charge in [0.25, 0.3) is 0 Å². The first-order valence-electron chi connectivity index (χ1n) is 5.79. The van der Waals surface area contributed by atoms with Crippen LogP contribution in [0.15, 0.2) is 66.9 Å². The molecule has 0 aromatic heterocycles. The van der Waals surface area contributed by atoms with E-state index in [4.69, 9.17) is 0 Å². The van der Waals surface area contributed by atoms with Gasteiger partial charge in [0.2, 0.25) is 5.78 Å². The lowest BCUT2D eigenvalue weighted by atomic mass is 9.97. The zero-order valence-corrected chi connectivity index (χ0v) is 10.3. The highest BCUT2D eigenvalue weighted by molar-refractivity contribution is 6.28. The van der Waals surface area contributed by atoms with Crippen molar-refractivity contribution in [1.82, 2.24) is 0 Å². The molecule has 0 saturated carbocycles. The van der Waals surface area contributed by atoms with E-state index in [-0.39, 0.29) is 5.78 Å². The summed E-state index contributed by atoms with van der Waals surface area (Å²) >= 11 is 0. The third kappa shape index (κ3) is 2.48. The van der Waals surface area contributed by atoms with Crippen LogP contribution in [-0.4, -0.2) is 5.78 Å². The Morgan fingerprint density at radius 2 is 1.56 bits per heavy atom. The van der Waals surface area contributed by atoms with Crippen LogP contribution in [0, 0.1) is 6.92 Å². The molecule has 2 aromatic rings. The van der Waals surface area contributed by atoms with E-state index in [9.17, 15) is 4.79 Å². The van der Waals surface area contributed by atoms with Gasteiger partial charge >= 0.3 is 0 Å². The smallest absolute Gasteiger partial charge is 0.201 e. The van der Waals surface area contributed by atoms with Gasteiger partial charge in [0.15, 0.2) is 0 Å². The Labute approximate surface area is 107 Å². The highest BCUT2D eigenvalue weighted by Crippen LogP contribution is 2.18. The number of benzene rings is 2. The summed E-state index contributed by atoms with van der Waals surface area (Å²) in [4.78, 5) is 12.3. The van der Waals surface area contributed by atoms with Gasteiger partial charge in [0.05, 0.1) is 5.57 Å². The Bertz CT molecular complexity index is 600. The normalized spacial score (nSPS) is 9.61. The fourth-order valence-electron chi connectivity index (χ4n) is 1.77. The van der Waals surface area contributed by atoms with Crippen molar-refractivity contribution in [3.8, 4) is 0 Å². The number of carbonyl (C=O) groups is 1. The maximum atomic E-state index is 12.3. The molecule has 1 nitrogen and oxygen atoms in total. The van der Waals surface area contributed by atoms with E-state index in [0.717, 1.165) is 11.1 Å². The summed E-state index contributed by atoms with van der Waals surface area (Å²) in [5.41, 5.74) is 5.90. The second kappa shape index (κ2) is 5.31. The molecule has 88 valence electrons. The molecule has 0 heterocycles. The summed E-state index contributed by atoms with van der Waals surface area (Å²) in [6, 6.07) is 17.0. The number of ketones is 1. The molecule has 0 radical (unpaired) electrons. The van der Waals surface area contributed by atoms with Crippen LogP contribution in [0.25, 0.3) is 5.57 Å². The predicted octanol–water partition coefficient (Wildman–Crippen LogP) is 4.05. The molecule has 2 aromatic carbocycles. The minimum Gasteiger partial charge on any atom is -0.288 e. The third-order valence-corrected chi connectivity index (χ3v) is 2.78. The van der Waals surface area contributed by atoms with Crippen molar-refractivity contribution < 1.29 is 4.79 Å². The van der Waals surface area contributed by atoms with Crippen LogP contribution in [-0.2, 0) is 0 Å². The number of allylic oxidation sites excluding steroid dienone is 1. The van der Waals surface area contributed by atoms with Crippen LogP contribution in [0.5, 0.6) is 0 Å². The zero-order valence-electron chi connectivity index (χ0n) is 10.3. The molecule has 0 bridgehead atoms. The Balaban J connectivity index is 2.39. The van der Waals surface area contributed by atoms with Gasteiger partial charge in [-0.1, -0.05) is 66.7 Å². The van der Waals surface area contributed by atoms with Crippen LogP contribution in [0.3, 0.4) is 0 Å². The van der Waals surface area contributed by atoms with Gasteiger partial charge in [-0.05, 0) is 12.5 Å². The number of aryl methyl sites for hydroxylation is 1. The van der Waals surface area contributed by atoms with Gasteiger partial charge in [-0.15, -0.1) is 5.73 Å². The summed E-state index contributed by atoms with van der Waals surface area (Å²) < 4.78 is 0. The molecule has 0 N–H and O–H groups in total. The van der Waals surface area contributed by atoms with Crippen molar-refractivity contribution in [1.29, 1.82) is 0 Å². The molecule has 18 heavy (non-hydrogen) atoms. The van der Waals surface area contributed by atoms with E-state index in [0.29, 0.717) is 11.1 Å². The number of Topliss-reactive ketones (excluding diaryl/α,β-unsaturated/α-hetero) is 1. The van der Waals surface area contributed by atoms with Crippen molar-refractivity contribution in [3.63, 3.8) is 0 Å². The minimum absolute atomic E-state index is 0.0452. The lowest BCUT2D eigenvalue weighted by Gasteiger charge is -2.04. The standard InChI is InChI=1S/C17H14O/c1-3-16(14-7-5-4-6-8-14)17(18)15-11-9-13(2)10-12-15/h4-12H,1H2,2H3. The first-order valence-corrected chi connectivity index (χ1v) is 5.79. The van der Waals surface area contributed by atoms with E-state index in [2.05, 4.69) is 12.3 Å². The summed E-state index contributed by atoms with van der Waals surface area (Å²) in [6.07, 6.45) is 0. The van der Waals surface area contributed by atoms with E-state index in [1.165, 1.54) is 0 Å². The second-order valence-electron chi connectivity index (χ2n) is 4.11. The van der Waals surface area contributed by atoms with E-state index < -0.39 is 0 Å². The minimum atomic E-state index is -0.0452. The van der Waals surface area contributed by atoms with Crippen molar-refractivity contribution in [2.75, 3.05) is 0 Å². The molecule has 0 amide bonds. The molecule has 2 rings (SSSR count). The van der Waals surface area contributed by atoms with Gasteiger partial charge < -0.3 is 0 Å². The molecule has 1 heteroatoms. The molecule has 0 spiro atoms. The Morgan fingerprint density at radius 1 is 0.944 bits per heavy atom. The lowest BCUT2D eigenvalue weighted by molar-refractivity contribution is 0.105. The average molecular weight is 234 g/mol. The maximum Gasteiger partial charge on any atom is 0.201 e. The number of hydrogen-bond acceptors (Lipinski definition) is 1. The molecule has 0 aliphatic heterocycles. The summed E-state index contributed by atoms with van der Waals surface area (Å²) in [5, 5.41) is 0. The molecule has 0 unspecified atom stereocenters. The van der Waals surface area contributed by atoms with Gasteiger partial charge in [-0.2, -0.15) is 0 Å². The fraction of sp³-hybridized carbons (Fsp3) is 0.0588. The summed E-state index contributed by atoms with van der Waals surface area (Å²) in [6.45, 7) is 5.61. The fourth-order valence-corrected chi connectivity index (χ4v) is 1.77. The third-order valence-electron chi connectivity index (χ3n) is 2.78. The predicted molar refractivity (Wildman–Crippen MR) is 74.5 cm³/mol. The van der Waals surface area contributed by atoms with Gasteiger partial charge in [0, 0.05) is 5.56 Å². The van der Waals surface area contributed by atoms with Crippen LogP contribution < -0.4 is 0 Å². The molecular formula is C17H14O. The van der Waals surface area contributed by atoms with Crippen LogP contribution in [0.1, 0.15) is 21.5 Å². The van der Waals surface area contributed by atoms with Crippen molar-refractivity contribution >= 4 is 11.4 Å². The molecule has 0 aliphatic rings. The van der Waals surface area contributed by atoms with Crippen LogP contribution >= 0.6 is 0 Å². The first-order chi connectivity index (χ1) is 8.72. The Morgan fingerprint density at radius 3 is 2.11 bits per heavy atom. The van der Waals surface area contributed by atoms with Gasteiger partial charge in [-0.3, -0.25) is 4.79 Å². The lowest BCUT2D eigenvalue weighted by Crippen LogP contribution is -2.01. The number of rotatable bonds is 3. The van der Waals surface area contributed by atoms with Crippen molar-refractivity contribution in [2.45, 2.75) is 6.92 Å². The highest BCUT2D eigenvalue weighted by Gasteiger charge is 2.13. The van der Waals surface area contributed by atoms with Gasteiger partial charge in [0.1, 0.15) is 0 Å². The Hall–Kier alpha value is -2.37. The topological polar surface area (TPSA) is 17.1 Å². The van der Waals surface area contributed by atoms with E-state index in [1.54, 1.807) is 0 Å². The average Bonchev–Trinajstić information content (AvgIpc) is 2.41. The Kier molecular flexibility index (Phi) is 3.57. The molecular weight excluding hydrogens is 220 g/mol. The largest absolute Gasteiger partial charge is 0.288 e.